The number of rotatable bonds is 13. The highest BCUT2D eigenvalue weighted by Gasteiger charge is 2.45. The highest BCUT2D eigenvalue weighted by Crippen LogP contribution is 2.36. The van der Waals surface area contributed by atoms with Crippen LogP contribution >= 0.6 is 0 Å². The van der Waals surface area contributed by atoms with Crippen molar-refractivity contribution in [2.75, 3.05) is 6.61 Å². The Bertz CT molecular complexity index is 2020. The lowest BCUT2D eigenvalue weighted by atomic mass is 10.0. The maximum Gasteiger partial charge on any atom is 0.320 e. The molecule has 0 bridgehead atoms. The Morgan fingerprint density at radius 1 is 0.509 bits per heavy atom. The quantitative estimate of drug-likeness (QED) is 0.117. The van der Waals surface area contributed by atoms with E-state index < -0.39 is 25.2 Å². The van der Waals surface area contributed by atoms with E-state index in [1.54, 1.807) is 6.07 Å². The predicted octanol–water partition coefficient (Wildman–Crippen LogP) is 11.5. The third-order valence-corrected chi connectivity index (χ3v) is 18.9. The first-order chi connectivity index (χ1) is 25.2. The summed E-state index contributed by atoms with van der Waals surface area (Å²) in [6.45, 7) is 17.9. The van der Waals surface area contributed by atoms with E-state index in [-0.39, 0.29) is 11.3 Å². The van der Waals surface area contributed by atoms with Crippen molar-refractivity contribution in [3.8, 4) is 67.9 Å². The molecule has 53 heavy (non-hydrogen) atoms. The minimum Gasteiger partial charge on any atom is -0.507 e. The summed E-state index contributed by atoms with van der Waals surface area (Å²) in [5, 5.41) is 11.4. The fourth-order valence-electron chi connectivity index (χ4n) is 6.24. The van der Waals surface area contributed by atoms with E-state index in [0.29, 0.717) is 35.4 Å². The molecule has 0 radical (unpaired) electrons. The molecule has 0 aliphatic rings. The normalized spacial score (nSPS) is 12.8. The molecule has 1 aromatic heterocycles. The Balaban J connectivity index is 1.31. The molecule has 1 heterocycles. The molecule has 5 aromatic carbocycles. The molecule has 0 spiro atoms. The molecule has 1 N–H and O–H groups in total. The van der Waals surface area contributed by atoms with Crippen molar-refractivity contribution >= 4 is 25.2 Å². The van der Waals surface area contributed by atoms with Crippen LogP contribution in [0.1, 0.15) is 6.92 Å². The molecule has 7 nitrogen and oxygen atoms in total. The van der Waals surface area contributed by atoms with Gasteiger partial charge >= 0.3 is 8.56 Å². The highest BCUT2D eigenvalue weighted by atomic mass is 28.5. The Labute approximate surface area is 317 Å². The number of nitrogens with zero attached hydrogens (tertiary/aromatic N) is 3. The molecule has 0 aliphatic carbocycles. The van der Waals surface area contributed by atoms with Gasteiger partial charge in [0, 0.05) is 22.7 Å². The molecule has 272 valence electrons. The maximum atomic E-state index is 11.4. The van der Waals surface area contributed by atoms with Gasteiger partial charge in [0.15, 0.2) is 34.1 Å². The Kier molecular flexibility index (Phi) is 11.3. The molecule has 0 aliphatic heterocycles. The van der Waals surface area contributed by atoms with E-state index in [9.17, 15) is 5.11 Å². The van der Waals surface area contributed by atoms with Crippen LogP contribution in [0.3, 0.4) is 0 Å². The van der Waals surface area contributed by atoms with Crippen LogP contribution < -0.4 is 4.74 Å². The average Bonchev–Trinajstić information content (AvgIpc) is 3.13. The number of benzene rings is 5. The van der Waals surface area contributed by atoms with Crippen molar-refractivity contribution in [3.63, 3.8) is 0 Å². The lowest BCUT2D eigenvalue weighted by Gasteiger charge is -2.41. The molecular weight excluding hydrogens is 707 g/mol. The number of aromatic nitrogens is 3. The van der Waals surface area contributed by atoms with Crippen molar-refractivity contribution in [1.82, 2.24) is 15.0 Å². The lowest BCUT2D eigenvalue weighted by Crippen LogP contribution is -2.55. The average molecular weight is 756 g/mol. The molecule has 1 unspecified atom stereocenters. The molecule has 1 atom stereocenters. The van der Waals surface area contributed by atoms with Crippen molar-refractivity contribution < 1.29 is 18.1 Å². The fourth-order valence-corrected chi connectivity index (χ4v) is 18.5. The van der Waals surface area contributed by atoms with Crippen LogP contribution in [0.5, 0.6) is 11.5 Å². The third kappa shape index (κ3) is 9.84. The molecule has 0 saturated carbocycles. The van der Waals surface area contributed by atoms with Gasteiger partial charge in [-0.15, -0.1) is 0 Å². The van der Waals surface area contributed by atoms with Crippen LogP contribution in [0.25, 0.3) is 56.4 Å². The van der Waals surface area contributed by atoms with E-state index >= 15 is 0 Å². The molecular formula is C43H49N3O4Si3. The summed E-state index contributed by atoms with van der Waals surface area (Å²) in [5.74, 6) is 1.97. The second-order valence-corrected chi connectivity index (χ2v) is 28.6. The van der Waals surface area contributed by atoms with Crippen LogP contribution in [0.4, 0.5) is 0 Å². The van der Waals surface area contributed by atoms with Gasteiger partial charge in [-0.3, -0.25) is 0 Å². The summed E-state index contributed by atoms with van der Waals surface area (Å²) >= 11 is 0. The highest BCUT2D eigenvalue weighted by molar-refractivity contribution is 6.88. The molecule has 6 aromatic rings. The minimum absolute atomic E-state index is 0.0220. The summed E-state index contributed by atoms with van der Waals surface area (Å²) < 4.78 is 19.8. The minimum atomic E-state index is -2.57. The van der Waals surface area contributed by atoms with Gasteiger partial charge in [0.2, 0.25) is 0 Å². The predicted molar refractivity (Wildman–Crippen MR) is 224 cm³/mol. The van der Waals surface area contributed by atoms with Gasteiger partial charge in [-0.2, -0.15) is 0 Å². The number of hydrogen-bond acceptors (Lipinski definition) is 7. The largest absolute Gasteiger partial charge is 0.507 e. The molecule has 0 saturated heterocycles. The number of phenolic OH excluding ortho intramolecular Hbond substituents is 1. The van der Waals surface area contributed by atoms with Crippen LogP contribution in [0.15, 0.2) is 127 Å². The number of ether oxygens (including phenoxy) is 1. The first-order valence-corrected chi connectivity index (χ1v) is 27.3. The van der Waals surface area contributed by atoms with Crippen molar-refractivity contribution in [2.45, 2.75) is 58.3 Å². The Morgan fingerprint density at radius 2 is 0.906 bits per heavy atom. The van der Waals surface area contributed by atoms with Gasteiger partial charge in [0.1, 0.15) is 11.5 Å². The summed E-state index contributed by atoms with van der Waals surface area (Å²) in [6.07, 6.45) is 0. The van der Waals surface area contributed by atoms with E-state index in [1.807, 2.05) is 72.8 Å². The van der Waals surface area contributed by atoms with E-state index in [1.165, 1.54) is 0 Å². The molecule has 0 fully saturated rings. The zero-order valence-corrected chi connectivity index (χ0v) is 34.9. The smallest absolute Gasteiger partial charge is 0.320 e. The lowest BCUT2D eigenvalue weighted by molar-refractivity contribution is 0.279. The number of aromatic hydroxyl groups is 1. The first kappa shape index (κ1) is 38.0. The van der Waals surface area contributed by atoms with Crippen LogP contribution in [0, 0.1) is 0 Å². The summed E-state index contributed by atoms with van der Waals surface area (Å²) in [4.78, 5) is 14.7. The van der Waals surface area contributed by atoms with Crippen LogP contribution in [-0.4, -0.2) is 51.9 Å². The molecule has 6 rings (SSSR count). The third-order valence-electron chi connectivity index (χ3n) is 8.76. The summed E-state index contributed by atoms with van der Waals surface area (Å²) in [7, 11) is -6.31. The van der Waals surface area contributed by atoms with Gasteiger partial charge in [0.25, 0.3) is 0 Å². The Hall–Kier alpha value is -4.72. The fraction of sp³-hybridized carbons (Fsp3) is 0.233. The standard InChI is InChI=1S/C43H49N3O4Si3/c1-31(53(8,49-51(2,3)4)50-52(5,6)7)30-48-38-27-28-39(40(47)29-38)43-45-41(36-23-19-34(20-24-36)32-15-11-9-12-16-32)44-42(46-43)37-25-21-35(22-26-37)33-17-13-10-14-18-33/h9-29,31,47H,30H2,1-8H3. The molecule has 0 amide bonds. The van der Waals surface area contributed by atoms with Gasteiger partial charge in [-0.05, 0) is 80.2 Å². The second kappa shape index (κ2) is 15.7. The van der Waals surface area contributed by atoms with Gasteiger partial charge < -0.3 is 18.1 Å². The summed E-state index contributed by atoms with van der Waals surface area (Å²) in [5.41, 5.74) is 6.72. The van der Waals surface area contributed by atoms with Gasteiger partial charge in [-0.25, -0.2) is 15.0 Å². The topological polar surface area (TPSA) is 86.6 Å². The van der Waals surface area contributed by atoms with Crippen molar-refractivity contribution in [2.24, 2.45) is 0 Å². The monoisotopic (exact) mass is 755 g/mol. The van der Waals surface area contributed by atoms with E-state index in [0.717, 1.165) is 33.4 Å². The summed E-state index contributed by atoms with van der Waals surface area (Å²) in [6, 6.07) is 42.2. The zero-order chi connectivity index (χ0) is 37.8. The first-order valence-electron chi connectivity index (χ1n) is 18.1. The van der Waals surface area contributed by atoms with Crippen molar-refractivity contribution in [3.05, 3.63) is 127 Å². The SMILES string of the molecule is CC(COc1ccc(-c2nc(-c3ccc(-c4ccccc4)cc3)nc(-c3ccc(-c4ccccc4)cc3)n2)c(O)c1)[Si](C)(O[Si](C)(C)C)O[Si](C)(C)C. The maximum absolute atomic E-state index is 11.4. The van der Waals surface area contributed by atoms with Gasteiger partial charge in [-0.1, -0.05) is 116 Å². The molecule has 10 heteroatoms. The van der Waals surface area contributed by atoms with Gasteiger partial charge in [0.05, 0.1) is 12.2 Å². The number of hydrogen-bond donors (Lipinski definition) is 1. The Morgan fingerprint density at radius 3 is 1.32 bits per heavy atom. The number of phenols is 1. The van der Waals surface area contributed by atoms with Crippen LogP contribution in [-0.2, 0) is 8.23 Å². The van der Waals surface area contributed by atoms with Crippen molar-refractivity contribution in [1.29, 1.82) is 0 Å². The van der Waals surface area contributed by atoms with Crippen LogP contribution in [0.2, 0.25) is 51.4 Å². The second-order valence-electron chi connectivity index (χ2n) is 15.5. The van der Waals surface area contributed by atoms with E-state index in [4.69, 9.17) is 27.9 Å². The zero-order valence-electron chi connectivity index (χ0n) is 31.9. The van der Waals surface area contributed by atoms with E-state index in [2.05, 4.69) is 101 Å².